The van der Waals surface area contributed by atoms with Crippen LogP contribution in [-0.4, -0.2) is 16.6 Å². The molecule has 1 N–H and O–H groups in total. The zero-order valence-electron chi connectivity index (χ0n) is 12.5. The van der Waals surface area contributed by atoms with E-state index in [9.17, 15) is 4.79 Å². The molecule has 1 heterocycles. The molecule has 3 aromatic rings. The Hall–Kier alpha value is -1.85. The van der Waals surface area contributed by atoms with Gasteiger partial charge < -0.3 is 5.32 Å². The molecule has 0 aliphatic heterocycles. The van der Waals surface area contributed by atoms with Crippen molar-refractivity contribution in [1.29, 1.82) is 0 Å². The average Bonchev–Trinajstić information content (AvgIpc) is 2.55. The molecular weight excluding hydrogens is 372 g/mol. The molecule has 0 spiro atoms. The Morgan fingerprint density at radius 2 is 2.04 bits per heavy atom. The Labute approximate surface area is 147 Å². The molecule has 0 saturated heterocycles. The van der Waals surface area contributed by atoms with Crippen LogP contribution in [0.15, 0.2) is 64.1 Å². The van der Waals surface area contributed by atoms with Crippen molar-refractivity contribution in [3.63, 3.8) is 0 Å². The van der Waals surface area contributed by atoms with Gasteiger partial charge >= 0.3 is 0 Å². The summed E-state index contributed by atoms with van der Waals surface area (Å²) in [5.74, 6) is 0.328. The van der Waals surface area contributed by atoms with E-state index in [1.54, 1.807) is 6.20 Å². The van der Waals surface area contributed by atoms with Crippen molar-refractivity contribution in [3.05, 3.63) is 64.8 Å². The average molecular weight is 387 g/mol. The van der Waals surface area contributed by atoms with E-state index in [0.29, 0.717) is 5.75 Å². The quantitative estimate of drug-likeness (QED) is 0.638. The summed E-state index contributed by atoms with van der Waals surface area (Å²) in [6, 6.07) is 15.8. The number of pyridine rings is 1. The molecule has 3 nitrogen and oxygen atoms in total. The number of hydrogen-bond acceptors (Lipinski definition) is 3. The minimum atomic E-state index is -0.0274. The number of halogens is 1. The van der Waals surface area contributed by atoms with Crippen molar-refractivity contribution in [2.75, 3.05) is 11.1 Å². The number of hydrogen-bond donors (Lipinski definition) is 1. The highest BCUT2D eigenvalue weighted by atomic mass is 79.9. The molecule has 1 aromatic heterocycles. The van der Waals surface area contributed by atoms with Gasteiger partial charge in [0.2, 0.25) is 5.91 Å². The molecule has 0 atom stereocenters. The van der Waals surface area contributed by atoms with Crippen molar-refractivity contribution in [3.8, 4) is 0 Å². The second-order valence-electron chi connectivity index (χ2n) is 5.15. The van der Waals surface area contributed by atoms with Crippen LogP contribution < -0.4 is 5.32 Å². The summed E-state index contributed by atoms with van der Waals surface area (Å²) < 4.78 is 0.894. The minimum absolute atomic E-state index is 0.0274. The number of benzene rings is 2. The third-order valence-electron chi connectivity index (χ3n) is 3.37. The summed E-state index contributed by atoms with van der Waals surface area (Å²) >= 11 is 4.99. The first-order valence-electron chi connectivity index (χ1n) is 7.16. The van der Waals surface area contributed by atoms with Crippen molar-refractivity contribution >= 4 is 50.2 Å². The molecular formula is C18H15BrN2OS. The first-order valence-corrected chi connectivity index (χ1v) is 8.94. The highest BCUT2D eigenvalue weighted by Crippen LogP contribution is 2.27. The molecule has 1 amide bonds. The molecule has 0 aliphatic carbocycles. The molecule has 23 heavy (non-hydrogen) atoms. The third-order valence-corrected chi connectivity index (χ3v) is 5.10. The fraction of sp³-hybridized carbons (Fsp3) is 0.111. The monoisotopic (exact) mass is 386 g/mol. The molecule has 0 radical (unpaired) electrons. The number of carbonyl (C=O) groups excluding carboxylic acids is 1. The Bertz CT molecular complexity index is 861. The smallest absolute Gasteiger partial charge is 0.234 e. The van der Waals surface area contributed by atoms with Crippen LogP contribution >= 0.6 is 27.7 Å². The number of aromatic nitrogens is 1. The van der Waals surface area contributed by atoms with E-state index in [0.717, 1.165) is 31.5 Å². The maximum atomic E-state index is 12.2. The van der Waals surface area contributed by atoms with Gasteiger partial charge in [-0.1, -0.05) is 24.3 Å². The van der Waals surface area contributed by atoms with Crippen LogP contribution in [0.5, 0.6) is 0 Å². The second kappa shape index (κ2) is 7.15. The van der Waals surface area contributed by atoms with E-state index in [2.05, 4.69) is 26.2 Å². The van der Waals surface area contributed by atoms with Gasteiger partial charge in [0, 0.05) is 21.0 Å². The van der Waals surface area contributed by atoms with Crippen LogP contribution in [0.25, 0.3) is 10.9 Å². The van der Waals surface area contributed by atoms with Crippen LogP contribution in [0.3, 0.4) is 0 Å². The van der Waals surface area contributed by atoms with Crippen LogP contribution in [-0.2, 0) is 4.79 Å². The van der Waals surface area contributed by atoms with Crippen molar-refractivity contribution in [2.24, 2.45) is 0 Å². The van der Waals surface area contributed by atoms with Gasteiger partial charge in [-0.15, -0.1) is 11.8 Å². The van der Waals surface area contributed by atoms with Gasteiger partial charge in [-0.05, 0) is 52.7 Å². The summed E-state index contributed by atoms with van der Waals surface area (Å²) in [7, 11) is 0. The lowest BCUT2D eigenvalue weighted by molar-refractivity contribution is -0.113. The van der Waals surface area contributed by atoms with E-state index in [1.807, 2.05) is 55.5 Å². The predicted molar refractivity (Wildman–Crippen MR) is 100.0 cm³/mol. The van der Waals surface area contributed by atoms with Gasteiger partial charge in [0.15, 0.2) is 0 Å². The van der Waals surface area contributed by atoms with Crippen LogP contribution in [0.2, 0.25) is 0 Å². The number of aryl methyl sites for hydroxylation is 1. The molecule has 0 aliphatic rings. The number of anilines is 1. The summed E-state index contributed by atoms with van der Waals surface area (Å²) in [6.07, 6.45) is 1.78. The topological polar surface area (TPSA) is 42.0 Å². The van der Waals surface area contributed by atoms with E-state index >= 15 is 0 Å². The normalized spacial score (nSPS) is 10.7. The SMILES string of the molecule is Cc1ccc(NC(=O)CSc2ccnc3ccccc23)c(Br)c1. The molecule has 0 saturated carbocycles. The number of thioether (sulfide) groups is 1. The number of nitrogens with zero attached hydrogens (tertiary/aromatic N) is 1. The second-order valence-corrected chi connectivity index (χ2v) is 7.02. The largest absolute Gasteiger partial charge is 0.324 e. The lowest BCUT2D eigenvalue weighted by Gasteiger charge is -2.09. The number of rotatable bonds is 4. The van der Waals surface area contributed by atoms with Crippen LogP contribution in [0.4, 0.5) is 5.69 Å². The Balaban J connectivity index is 1.69. The van der Waals surface area contributed by atoms with E-state index in [1.165, 1.54) is 11.8 Å². The Morgan fingerprint density at radius 1 is 1.22 bits per heavy atom. The third kappa shape index (κ3) is 3.92. The van der Waals surface area contributed by atoms with Gasteiger partial charge in [0.25, 0.3) is 0 Å². The van der Waals surface area contributed by atoms with Crippen molar-refractivity contribution in [2.45, 2.75) is 11.8 Å². The fourth-order valence-electron chi connectivity index (χ4n) is 2.25. The molecule has 116 valence electrons. The van der Waals surface area contributed by atoms with Gasteiger partial charge in [-0.25, -0.2) is 0 Å². The van der Waals surface area contributed by atoms with E-state index < -0.39 is 0 Å². The van der Waals surface area contributed by atoms with Crippen LogP contribution in [0, 0.1) is 6.92 Å². The summed E-state index contributed by atoms with van der Waals surface area (Å²) in [5.41, 5.74) is 2.88. The highest BCUT2D eigenvalue weighted by molar-refractivity contribution is 9.10. The van der Waals surface area contributed by atoms with E-state index in [-0.39, 0.29) is 5.91 Å². The predicted octanol–water partition coefficient (Wildman–Crippen LogP) is 5.04. The summed E-state index contributed by atoms with van der Waals surface area (Å²) in [6.45, 7) is 2.01. The summed E-state index contributed by atoms with van der Waals surface area (Å²) in [4.78, 5) is 17.6. The minimum Gasteiger partial charge on any atom is -0.324 e. The molecule has 0 fully saturated rings. The molecule has 2 aromatic carbocycles. The molecule has 5 heteroatoms. The number of carbonyl (C=O) groups is 1. The number of fused-ring (bicyclic) bond motifs is 1. The Morgan fingerprint density at radius 3 is 2.87 bits per heavy atom. The van der Waals surface area contributed by atoms with Crippen molar-refractivity contribution < 1.29 is 4.79 Å². The first-order chi connectivity index (χ1) is 11.1. The first kappa shape index (κ1) is 16.0. The molecule has 0 bridgehead atoms. The number of amides is 1. The maximum absolute atomic E-state index is 12.2. The standard InChI is InChI=1S/C18H15BrN2OS/c1-12-6-7-16(14(19)10-12)21-18(22)11-23-17-8-9-20-15-5-3-2-4-13(15)17/h2-10H,11H2,1H3,(H,21,22). The maximum Gasteiger partial charge on any atom is 0.234 e. The van der Waals surface area contributed by atoms with E-state index in [4.69, 9.17) is 0 Å². The van der Waals surface area contributed by atoms with Crippen molar-refractivity contribution in [1.82, 2.24) is 4.98 Å². The lowest BCUT2D eigenvalue weighted by atomic mass is 10.2. The Kier molecular flexibility index (Phi) is 4.98. The zero-order chi connectivity index (χ0) is 16.2. The number of para-hydroxylation sites is 1. The lowest BCUT2D eigenvalue weighted by Crippen LogP contribution is -2.14. The van der Waals surface area contributed by atoms with Gasteiger partial charge in [0.05, 0.1) is 17.0 Å². The highest BCUT2D eigenvalue weighted by Gasteiger charge is 2.08. The number of nitrogens with one attached hydrogen (secondary N) is 1. The van der Waals surface area contributed by atoms with Crippen LogP contribution in [0.1, 0.15) is 5.56 Å². The van der Waals surface area contributed by atoms with Gasteiger partial charge in [0.1, 0.15) is 0 Å². The fourth-order valence-corrected chi connectivity index (χ4v) is 3.68. The molecule has 0 unspecified atom stereocenters. The van der Waals surface area contributed by atoms with Gasteiger partial charge in [-0.2, -0.15) is 0 Å². The zero-order valence-corrected chi connectivity index (χ0v) is 14.9. The summed E-state index contributed by atoms with van der Waals surface area (Å²) in [5, 5.41) is 4.01. The van der Waals surface area contributed by atoms with Gasteiger partial charge in [-0.3, -0.25) is 9.78 Å². The molecule has 3 rings (SSSR count).